The lowest BCUT2D eigenvalue weighted by molar-refractivity contribution is 0.282. The molecule has 0 aromatic heterocycles. The summed E-state index contributed by atoms with van der Waals surface area (Å²) in [5.74, 6) is 0. The van der Waals surface area contributed by atoms with Gasteiger partial charge in [0.05, 0.1) is 12.9 Å². The third-order valence-electron chi connectivity index (χ3n) is 5.36. The monoisotopic (exact) mass is 404 g/mol. The molecule has 1 aromatic rings. The molecule has 0 amide bonds. The first-order valence-corrected chi connectivity index (χ1v) is 12.3. The number of aliphatic hydroxyl groups is 2. The summed E-state index contributed by atoms with van der Waals surface area (Å²) in [5.41, 5.74) is 0.965. The van der Waals surface area contributed by atoms with Crippen LogP contribution >= 0.6 is 0 Å². The van der Waals surface area contributed by atoms with Gasteiger partial charge < -0.3 is 10.2 Å². The van der Waals surface area contributed by atoms with Crippen LogP contribution in [0.3, 0.4) is 0 Å². The van der Waals surface area contributed by atoms with Crippen LogP contribution in [0.2, 0.25) is 0 Å². The fourth-order valence-electron chi connectivity index (χ4n) is 3.47. The first kappa shape index (κ1) is 27.7. The van der Waals surface area contributed by atoms with E-state index < -0.39 is 0 Å². The van der Waals surface area contributed by atoms with Gasteiger partial charge in [-0.25, -0.2) is 0 Å². The number of aliphatic hydroxyl groups excluding tert-OH is 2. The van der Waals surface area contributed by atoms with Crippen molar-refractivity contribution in [3.8, 4) is 0 Å². The van der Waals surface area contributed by atoms with E-state index in [4.69, 9.17) is 10.2 Å². The average molecular weight is 405 g/mol. The molecule has 2 N–H and O–H groups in total. The Morgan fingerprint density at radius 1 is 0.621 bits per heavy atom. The maximum Gasteiger partial charge on any atom is 0.0751 e. The summed E-state index contributed by atoms with van der Waals surface area (Å²) in [5, 5.41) is 17.0. The molecule has 0 bridgehead atoms. The zero-order valence-electron chi connectivity index (χ0n) is 19.2. The van der Waals surface area contributed by atoms with E-state index in [1.165, 1.54) is 109 Å². The quantitative estimate of drug-likeness (QED) is 0.189. The van der Waals surface area contributed by atoms with Gasteiger partial charge in [0.2, 0.25) is 0 Å². The molecular weight excluding hydrogens is 356 g/mol. The van der Waals surface area contributed by atoms with Crippen molar-refractivity contribution >= 4 is 0 Å². The second-order valence-electron chi connectivity index (χ2n) is 8.12. The Labute approximate surface area is 181 Å². The Hall–Kier alpha value is -1.28. The van der Waals surface area contributed by atoms with Gasteiger partial charge in [-0.1, -0.05) is 140 Å². The van der Waals surface area contributed by atoms with Crippen LogP contribution in [0.4, 0.5) is 0 Å². The Morgan fingerprint density at radius 3 is 1.38 bits per heavy atom. The average Bonchev–Trinajstić information content (AvgIpc) is 2.77. The summed E-state index contributed by atoms with van der Waals surface area (Å²) >= 11 is 0. The maximum atomic E-state index is 8.54. The van der Waals surface area contributed by atoms with Crippen molar-refractivity contribution in [3.05, 3.63) is 48.2 Å². The van der Waals surface area contributed by atoms with Gasteiger partial charge in [0, 0.05) is 0 Å². The molecule has 0 saturated heterocycles. The molecule has 0 radical (unpaired) electrons. The van der Waals surface area contributed by atoms with Crippen molar-refractivity contribution in [3.63, 3.8) is 0 Å². The Bertz CT molecular complexity index is 427. The highest BCUT2D eigenvalue weighted by Gasteiger charge is 1.94. The fraction of sp³-hybridized carbons (Fsp3) is 0.704. The van der Waals surface area contributed by atoms with Gasteiger partial charge in [-0.2, -0.15) is 0 Å². The molecular formula is C27H48O2. The summed E-state index contributed by atoms with van der Waals surface area (Å²) in [6.07, 6.45) is 26.7. The summed E-state index contributed by atoms with van der Waals surface area (Å²) in [7, 11) is 0. The molecule has 0 atom stereocenters. The van der Waals surface area contributed by atoms with E-state index in [2.05, 4.69) is 6.92 Å². The highest BCUT2D eigenvalue weighted by molar-refractivity contribution is 5.12. The van der Waals surface area contributed by atoms with Crippen LogP contribution in [0.5, 0.6) is 0 Å². The van der Waals surface area contributed by atoms with E-state index in [0.29, 0.717) is 0 Å². The molecule has 29 heavy (non-hydrogen) atoms. The number of unbranched alkanes of at least 4 members (excludes halogenated alkanes) is 16. The van der Waals surface area contributed by atoms with Crippen LogP contribution in [0.25, 0.3) is 0 Å². The van der Waals surface area contributed by atoms with Crippen molar-refractivity contribution in [1.82, 2.24) is 0 Å². The standard InChI is InChI=1S/C20H40O.C7H8O/c1-2-3-4-5-6-7-8-9-10-11-12-13-14-15-16-17-18-19-20-21;8-6-7-4-2-1-3-5-7/h19-21H,2-18H2,1H3;1-5,8H,6H2. The second kappa shape index (κ2) is 24.8. The fourth-order valence-corrected chi connectivity index (χ4v) is 3.47. The summed E-state index contributed by atoms with van der Waals surface area (Å²) in [6, 6.07) is 9.52. The van der Waals surface area contributed by atoms with Crippen LogP contribution in [0.1, 0.15) is 122 Å². The zero-order valence-corrected chi connectivity index (χ0v) is 19.2. The Kier molecular flexibility index (Phi) is 23.7. The zero-order chi connectivity index (χ0) is 21.3. The smallest absolute Gasteiger partial charge is 0.0751 e. The normalized spacial score (nSPS) is 10.8. The van der Waals surface area contributed by atoms with Crippen LogP contribution in [0.15, 0.2) is 42.7 Å². The Balaban J connectivity index is 0.000000807. The van der Waals surface area contributed by atoms with Crippen LogP contribution in [-0.4, -0.2) is 10.2 Å². The minimum atomic E-state index is 0.140. The molecule has 1 aromatic carbocycles. The van der Waals surface area contributed by atoms with Gasteiger partial charge in [-0.15, -0.1) is 0 Å². The first-order valence-electron chi connectivity index (χ1n) is 12.3. The van der Waals surface area contributed by atoms with E-state index in [1.807, 2.05) is 36.4 Å². The summed E-state index contributed by atoms with van der Waals surface area (Å²) in [4.78, 5) is 0. The van der Waals surface area contributed by atoms with E-state index >= 15 is 0 Å². The third kappa shape index (κ3) is 22.9. The minimum Gasteiger partial charge on any atom is -0.516 e. The molecule has 0 unspecified atom stereocenters. The highest BCUT2D eigenvalue weighted by atomic mass is 16.3. The molecule has 0 fully saturated rings. The van der Waals surface area contributed by atoms with Gasteiger partial charge in [-0.05, 0) is 18.4 Å². The largest absolute Gasteiger partial charge is 0.516 e. The third-order valence-corrected chi connectivity index (χ3v) is 5.36. The topological polar surface area (TPSA) is 40.5 Å². The van der Waals surface area contributed by atoms with Gasteiger partial charge in [0.1, 0.15) is 0 Å². The van der Waals surface area contributed by atoms with Gasteiger partial charge >= 0.3 is 0 Å². The molecule has 1 rings (SSSR count). The molecule has 168 valence electrons. The van der Waals surface area contributed by atoms with E-state index in [1.54, 1.807) is 0 Å². The molecule has 2 heteroatoms. The molecule has 2 nitrogen and oxygen atoms in total. The van der Waals surface area contributed by atoms with Gasteiger partial charge in [0.15, 0.2) is 0 Å². The Morgan fingerprint density at radius 2 is 1.03 bits per heavy atom. The number of hydrogen-bond donors (Lipinski definition) is 2. The van der Waals surface area contributed by atoms with Crippen LogP contribution < -0.4 is 0 Å². The molecule has 0 aliphatic rings. The number of benzene rings is 1. The predicted octanol–water partition coefficient (Wildman–Crippen LogP) is 8.89. The minimum absolute atomic E-state index is 0.140. The van der Waals surface area contributed by atoms with E-state index in [-0.39, 0.29) is 6.61 Å². The molecule has 0 saturated carbocycles. The predicted molar refractivity (Wildman–Crippen MR) is 128 cm³/mol. The number of allylic oxidation sites excluding steroid dienone is 1. The van der Waals surface area contributed by atoms with Crippen LogP contribution in [-0.2, 0) is 6.61 Å². The lowest BCUT2D eigenvalue weighted by Gasteiger charge is -2.03. The first-order chi connectivity index (χ1) is 14.3. The lowest BCUT2D eigenvalue weighted by atomic mass is 10.0. The van der Waals surface area contributed by atoms with E-state index in [0.717, 1.165) is 12.0 Å². The van der Waals surface area contributed by atoms with E-state index in [9.17, 15) is 0 Å². The van der Waals surface area contributed by atoms with Crippen molar-refractivity contribution in [2.45, 2.75) is 123 Å². The van der Waals surface area contributed by atoms with Gasteiger partial charge in [-0.3, -0.25) is 0 Å². The summed E-state index contributed by atoms with van der Waals surface area (Å²) in [6.45, 7) is 2.43. The SMILES string of the molecule is CCCCCCCCCCCCCCCCCCC=CO.OCc1ccccc1. The van der Waals surface area contributed by atoms with Gasteiger partial charge in [0.25, 0.3) is 0 Å². The van der Waals surface area contributed by atoms with Crippen molar-refractivity contribution in [2.24, 2.45) is 0 Å². The molecule has 0 heterocycles. The molecule has 0 aliphatic carbocycles. The molecule has 0 spiro atoms. The summed E-state index contributed by atoms with van der Waals surface area (Å²) < 4.78 is 0. The molecule has 0 aliphatic heterocycles. The lowest BCUT2D eigenvalue weighted by Crippen LogP contribution is -1.83. The van der Waals surface area contributed by atoms with Crippen molar-refractivity contribution in [1.29, 1.82) is 0 Å². The number of hydrogen-bond acceptors (Lipinski definition) is 2. The number of rotatable bonds is 18. The second-order valence-corrected chi connectivity index (χ2v) is 8.12. The van der Waals surface area contributed by atoms with Crippen LogP contribution in [0, 0.1) is 0 Å². The van der Waals surface area contributed by atoms with Crippen molar-refractivity contribution < 1.29 is 10.2 Å². The van der Waals surface area contributed by atoms with Crippen molar-refractivity contribution in [2.75, 3.05) is 0 Å². The maximum absolute atomic E-state index is 8.54. The highest BCUT2D eigenvalue weighted by Crippen LogP contribution is 2.14.